The number of aryl methyl sites for hydroxylation is 2. The Bertz CT molecular complexity index is 487. The van der Waals surface area contributed by atoms with Gasteiger partial charge >= 0.3 is 0 Å². The normalized spacial score (nSPS) is 12.8. The molecule has 0 saturated heterocycles. The highest BCUT2D eigenvalue weighted by Crippen LogP contribution is 2.35. The number of rotatable bonds is 2. The van der Waals surface area contributed by atoms with Gasteiger partial charge in [-0.25, -0.2) is 0 Å². The van der Waals surface area contributed by atoms with E-state index in [0.717, 1.165) is 0 Å². The van der Waals surface area contributed by atoms with Crippen molar-refractivity contribution in [1.82, 2.24) is 0 Å². The van der Waals surface area contributed by atoms with Gasteiger partial charge in [0.2, 0.25) is 0 Å². The Hall–Kier alpha value is -0.0600. The van der Waals surface area contributed by atoms with Crippen molar-refractivity contribution >= 4 is 45.5 Å². The molecule has 1 heterocycles. The molecule has 84 valence electrons. The number of hydrogen-bond acceptors (Lipinski definition) is 1. The van der Waals surface area contributed by atoms with Crippen molar-refractivity contribution in [2.24, 2.45) is 0 Å². The summed E-state index contributed by atoms with van der Waals surface area (Å²) in [5.41, 5.74) is 2.41. The molecular formula is C13H12ClIS. The van der Waals surface area contributed by atoms with Crippen molar-refractivity contribution in [3.05, 3.63) is 54.8 Å². The molecule has 0 bridgehead atoms. The third kappa shape index (κ3) is 2.60. The topological polar surface area (TPSA) is 0 Å². The van der Waals surface area contributed by atoms with Crippen molar-refractivity contribution in [3.8, 4) is 0 Å². The molecule has 2 aromatic rings. The Morgan fingerprint density at radius 2 is 1.81 bits per heavy atom. The van der Waals surface area contributed by atoms with Crippen LogP contribution in [0.4, 0.5) is 0 Å². The Kier molecular flexibility index (Phi) is 3.93. The molecule has 0 spiro atoms. The molecule has 1 unspecified atom stereocenters. The molecule has 0 nitrogen and oxygen atoms in total. The van der Waals surface area contributed by atoms with Crippen molar-refractivity contribution in [1.29, 1.82) is 0 Å². The van der Waals surface area contributed by atoms with Gasteiger partial charge in [0.1, 0.15) is 0 Å². The van der Waals surface area contributed by atoms with Crippen LogP contribution in [0.3, 0.4) is 0 Å². The molecule has 0 saturated carbocycles. The summed E-state index contributed by atoms with van der Waals surface area (Å²) < 4.78 is 1.24. The molecule has 0 N–H and O–H groups in total. The van der Waals surface area contributed by atoms with Gasteiger partial charge in [-0.3, -0.25) is 0 Å². The number of benzene rings is 1. The van der Waals surface area contributed by atoms with E-state index in [4.69, 9.17) is 11.6 Å². The highest BCUT2D eigenvalue weighted by molar-refractivity contribution is 14.1. The lowest BCUT2D eigenvalue weighted by Crippen LogP contribution is -1.93. The summed E-state index contributed by atoms with van der Waals surface area (Å²) in [5, 5.41) is -0.0260. The molecule has 2 rings (SSSR count). The third-order valence-corrected chi connectivity index (χ3v) is 4.70. The van der Waals surface area contributed by atoms with Crippen LogP contribution < -0.4 is 0 Å². The van der Waals surface area contributed by atoms with Crippen LogP contribution in [0.2, 0.25) is 0 Å². The molecule has 0 aliphatic carbocycles. The zero-order valence-electron chi connectivity index (χ0n) is 9.13. The lowest BCUT2D eigenvalue weighted by atomic mass is 10.1. The second kappa shape index (κ2) is 5.07. The average Bonchev–Trinajstić information content (AvgIpc) is 2.58. The first-order valence-electron chi connectivity index (χ1n) is 5.04. The molecule has 0 aliphatic rings. The number of halogens is 2. The molecule has 0 fully saturated rings. The highest BCUT2D eigenvalue weighted by atomic mass is 127. The number of alkyl halides is 1. The number of hydrogen-bond donors (Lipinski definition) is 0. The Morgan fingerprint density at radius 3 is 2.31 bits per heavy atom. The second-order valence-electron chi connectivity index (χ2n) is 3.78. The van der Waals surface area contributed by atoms with Crippen LogP contribution in [0.15, 0.2) is 30.3 Å². The van der Waals surface area contributed by atoms with Crippen molar-refractivity contribution in [2.45, 2.75) is 19.2 Å². The molecular weight excluding hydrogens is 351 g/mol. The summed E-state index contributed by atoms with van der Waals surface area (Å²) in [5.74, 6) is 0. The lowest BCUT2D eigenvalue weighted by Gasteiger charge is -2.09. The lowest BCUT2D eigenvalue weighted by molar-refractivity contribution is 1.13. The highest BCUT2D eigenvalue weighted by Gasteiger charge is 2.15. The van der Waals surface area contributed by atoms with E-state index in [2.05, 4.69) is 66.8 Å². The fourth-order valence-electron chi connectivity index (χ4n) is 1.71. The van der Waals surface area contributed by atoms with E-state index in [9.17, 15) is 0 Å². The summed E-state index contributed by atoms with van der Waals surface area (Å²) >= 11 is 10.6. The predicted molar refractivity (Wildman–Crippen MR) is 80.6 cm³/mol. The minimum absolute atomic E-state index is 0.0260. The third-order valence-electron chi connectivity index (χ3n) is 2.52. The fraction of sp³-hybridized carbons (Fsp3) is 0.231. The van der Waals surface area contributed by atoms with Crippen LogP contribution in [0, 0.1) is 17.4 Å². The van der Waals surface area contributed by atoms with Crippen LogP contribution in [0.25, 0.3) is 0 Å². The molecule has 1 aromatic heterocycles. The minimum atomic E-state index is -0.0260. The van der Waals surface area contributed by atoms with E-state index in [1.54, 1.807) is 0 Å². The summed E-state index contributed by atoms with van der Waals surface area (Å²) in [6, 6.07) is 10.6. The second-order valence-corrected chi connectivity index (χ2v) is 6.93. The maximum absolute atomic E-state index is 6.51. The summed E-state index contributed by atoms with van der Waals surface area (Å²) in [6.45, 7) is 4.26. The first-order valence-corrected chi connectivity index (χ1v) is 7.37. The number of thiophene rings is 1. The zero-order chi connectivity index (χ0) is 11.7. The fourth-order valence-corrected chi connectivity index (χ4v) is 3.47. The molecule has 0 radical (unpaired) electrons. The summed E-state index contributed by atoms with van der Waals surface area (Å²) in [6.07, 6.45) is 0. The SMILES string of the molecule is Cc1cc(C(Cl)c2ccc(I)cc2)c(C)s1. The molecule has 1 atom stereocenters. The monoisotopic (exact) mass is 362 g/mol. The van der Waals surface area contributed by atoms with E-state index in [0.29, 0.717) is 0 Å². The van der Waals surface area contributed by atoms with Crippen LogP contribution >= 0.6 is 45.5 Å². The van der Waals surface area contributed by atoms with Gasteiger partial charge < -0.3 is 0 Å². The quantitative estimate of drug-likeness (QED) is 0.502. The van der Waals surface area contributed by atoms with E-state index in [-0.39, 0.29) is 5.38 Å². The maximum Gasteiger partial charge on any atom is 0.0846 e. The van der Waals surface area contributed by atoms with Gasteiger partial charge in [-0.15, -0.1) is 22.9 Å². The molecule has 16 heavy (non-hydrogen) atoms. The first-order chi connectivity index (χ1) is 7.58. The largest absolute Gasteiger partial charge is 0.146 e. The van der Waals surface area contributed by atoms with Gasteiger partial charge in [0, 0.05) is 13.3 Å². The molecule has 0 amide bonds. The average molecular weight is 363 g/mol. The van der Waals surface area contributed by atoms with Gasteiger partial charge in [0.25, 0.3) is 0 Å². The van der Waals surface area contributed by atoms with E-state index in [1.807, 2.05) is 11.3 Å². The maximum atomic E-state index is 6.51. The molecule has 0 aliphatic heterocycles. The Morgan fingerprint density at radius 1 is 1.19 bits per heavy atom. The smallest absolute Gasteiger partial charge is 0.0846 e. The molecule has 1 aromatic carbocycles. The summed E-state index contributed by atoms with van der Waals surface area (Å²) in [7, 11) is 0. The first kappa shape index (κ1) is 12.4. The van der Waals surface area contributed by atoms with Crippen LogP contribution in [0.5, 0.6) is 0 Å². The van der Waals surface area contributed by atoms with E-state index in [1.165, 1.54) is 24.5 Å². The van der Waals surface area contributed by atoms with Gasteiger partial charge in [0.05, 0.1) is 5.38 Å². The van der Waals surface area contributed by atoms with Crippen LogP contribution in [-0.4, -0.2) is 0 Å². The van der Waals surface area contributed by atoms with E-state index < -0.39 is 0 Å². The van der Waals surface area contributed by atoms with Gasteiger partial charge in [0.15, 0.2) is 0 Å². The Labute approximate surface area is 119 Å². The zero-order valence-corrected chi connectivity index (χ0v) is 12.9. The van der Waals surface area contributed by atoms with E-state index >= 15 is 0 Å². The van der Waals surface area contributed by atoms with Crippen molar-refractivity contribution < 1.29 is 0 Å². The predicted octanol–water partition coefficient (Wildman–Crippen LogP) is 5.30. The standard InChI is InChI=1S/C13H12ClIS/c1-8-7-12(9(2)16-8)13(14)10-3-5-11(15)6-4-10/h3-7,13H,1-2H3. The van der Waals surface area contributed by atoms with Gasteiger partial charge in [-0.05, 0) is 65.8 Å². The van der Waals surface area contributed by atoms with Crippen molar-refractivity contribution in [2.75, 3.05) is 0 Å². The van der Waals surface area contributed by atoms with Gasteiger partial charge in [-0.1, -0.05) is 12.1 Å². The minimum Gasteiger partial charge on any atom is -0.146 e. The van der Waals surface area contributed by atoms with Crippen LogP contribution in [0.1, 0.15) is 26.3 Å². The van der Waals surface area contributed by atoms with Crippen LogP contribution in [-0.2, 0) is 0 Å². The Balaban J connectivity index is 2.35. The summed E-state index contributed by atoms with van der Waals surface area (Å²) in [4.78, 5) is 2.64. The van der Waals surface area contributed by atoms with Crippen molar-refractivity contribution in [3.63, 3.8) is 0 Å². The molecule has 3 heteroatoms. The van der Waals surface area contributed by atoms with Gasteiger partial charge in [-0.2, -0.15) is 0 Å².